The van der Waals surface area contributed by atoms with Crippen LogP contribution in [0.15, 0.2) is 144 Å². The van der Waals surface area contributed by atoms with Gasteiger partial charge in [-0.15, -0.1) is 11.3 Å². The van der Waals surface area contributed by atoms with Crippen molar-refractivity contribution in [2.75, 3.05) is 0 Å². The van der Waals surface area contributed by atoms with Crippen molar-refractivity contribution in [1.82, 2.24) is 15.0 Å². The highest BCUT2D eigenvalue weighted by Crippen LogP contribution is 2.41. The molecule has 1 unspecified atom stereocenters. The molecule has 0 aliphatic heterocycles. The van der Waals surface area contributed by atoms with Crippen molar-refractivity contribution in [2.24, 2.45) is 0 Å². The molecule has 9 aromatic rings. The topological polar surface area (TPSA) is 51.8 Å². The van der Waals surface area contributed by atoms with Gasteiger partial charge in [0.15, 0.2) is 11.6 Å². The summed E-state index contributed by atoms with van der Waals surface area (Å²) in [6.45, 7) is 0. The summed E-state index contributed by atoms with van der Waals surface area (Å²) in [7, 11) is 0. The van der Waals surface area contributed by atoms with Gasteiger partial charge in [-0.3, -0.25) is 0 Å². The smallest absolute Gasteiger partial charge is 0.164 e. The number of rotatable bonds is 4. The number of aromatic nitrogens is 3. The lowest BCUT2D eigenvalue weighted by Crippen LogP contribution is -2.32. The predicted octanol–water partition coefficient (Wildman–Crippen LogP) is 9.64. The maximum absolute atomic E-state index is 6.32. The fourth-order valence-electron chi connectivity index (χ4n) is 7.33. The molecule has 1 atom stereocenters. The molecule has 6 aromatic carbocycles. The monoisotopic (exact) mass is 633 g/mol. The van der Waals surface area contributed by atoms with E-state index >= 15 is 0 Å². The summed E-state index contributed by atoms with van der Waals surface area (Å²) in [5.41, 5.74) is 6.26. The number of nitrogens with zero attached hydrogens (tertiary/aromatic N) is 3. The molecule has 1 aliphatic carbocycles. The van der Waals surface area contributed by atoms with Crippen LogP contribution >= 0.6 is 11.3 Å². The number of hydrogen-bond donors (Lipinski definition) is 0. The molecule has 0 N–H and O–H groups in total. The third-order valence-corrected chi connectivity index (χ3v) is 10.6. The summed E-state index contributed by atoms with van der Waals surface area (Å²) >= 11 is 1.81. The van der Waals surface area contributed by atoms with Crippen LogP contribution in [-0.2, 0) is 0 Å². The SMILES string of the molecule is C1=c2ccccc2=C(c2cccc3oc4ccccc4c23)CC1c1nc(-c2ccccc2)nc(-c2cccc3sc4ccccc4c23)n1. The van der Waals surface area contributed by atoms with Crippen molar-refractivity contribution in [3.05, 3.63) is 161 Å². The highest BCUT2D eigenvalue weighted by atomic mass is 32.1. The molecule has 0 saturated heterocycles. The lowest BCUT2D eigenvalue weighted by atomic mass is 9.85. The number of thiophene rings is 1. The Morgan fingerprint density at radius 1 is 0.542 bits per heavy atom. The van der Waals surface area contributed by atoms with Gasteiger partial charge in [-0.2, -0.15) is 0 Å². The molecule has 0 spiro atoms. The minimum Gasteiger partial charge on any atom is -0.456 e. The molecule has 5 heteroatoms. The molecule has 0 saturated carbocycles. The van der Waals surface area contributed by atoms with Gasteiger partial charge in [-0.05, 0) is 52.3 Å². The van der Waals surface area contributed by atoms with Gasteiger partial charge in [0.25, 0.3) is 0 Å². The molecule has 0 amide bonds. The Morgan fingerprint density at radius 2 is 1.25 bits per heavy atom. The van der Waals surface area contributed by atoms with Crippen LogP contribution in [0, 0.1) is 0 Å². The molecule has 0 fully saturated rings. The van der Waals surface area contributed by atoms with Gasteiger partial charge in [0.2, 0.25) is 0 Å². The zero-order valence-corrected chi connectivity index (χ0v) is 26.6. The zero-order valence-electron chi connectivity index (χ0n) is 25.8. The van der Waals surface area contributed by atoms with Gasteiger partial charge >= 0.3 is 0 Å². The first-order valence-corrected chi connectivity index (χ1v) is 17.0. The molecule has 4 nitrogen and oxygen atoms in total. The van der Waals surface area contributed by atoms with E-state index in [-0.39, 0.29) is 5.92 Å². The van der Waals surface area contributed by atoms with Gasteiger partial charge in [-0.1, -0.05) is 121 Å². The molecule has 3 heterocycles. The third-order valence-electron chi connectivity index (χ3n) is 9.48. The van der Waals surface area contributed by atoms with Crippen LogP contribution < -0.4 is 10.4 Å². The summed E-state index contributed by atoms with van der Waals surface area (Å²) in [4.78, 5) is 15.7. The fourth-order valence-corrected chi connectivity index (χ4v) is 8.46. The lowest BCUT2D eigenvalue weighted by molar-refractivity contribution is 0.669. The summed E-state index contributed by atoms with van der Waals surface area (Å²) < 4.78 is 8.81. The first-order valence-electron chi connectivity index (χ1n) is 16.2. The normalized spacial score (nSPS) is 14.5. The van der Waals surface area contributed by atoms with Crippen LogP contribution in [-0.4, -0.2) is 15.0 Å². The minimum atomic E-state index is -0.0639. The summed E-state index contributed by atoms with van der Waals surface area (Å²) in [5.74, 6) is 2.09. The lowest BCUT2D eigenvalue weighted by Gasteiger charge is -2.21. The molecule has 0 radical (unpaired) electrons. The number of hydrogen-bond acceptors (Lipinski definition) is 5. The second kappa shape index (κ2) is 10.8. The second-order valence-electron chi connectivity index (χ2n) is 12.3. The number of fused-ring (bicyclic) bond motifs is 7. The van der Waals surface area contributed by atoms with Crippen molar-refractivity contribution < 1.29 is 4.42 Å². The van der Waals surface area contributed by atoms with Crippen LogP contribution in [0.5, 0.6) is 0 Å². The summed E-state index contributed by atoms with van der Waals surface area (Å²) in [5, 5.41) is 7.12. The quantitative estimate of drug-likeness (QED) is 0.194. The van der Waals surface area contributed by atoms with Gasteiger partial charge < -0.3 is 4.42 Å². The second-order valence-corrected chi connectivity index (χ2v) is 13.4. The van der Waals surface area contributed by atoms with E-state index in [1.165, 1.54) is 41.7 Å². The van der Waals surface area contributed by atoms with E-state index in [0.29, 0.717) is 11.6 Å². The van der Waals surface area contributed by atoms with Crippen molar-refractivity contribution in [2.45, 2.75) is 12.3 Å². The molecule has 3 aromatic heterocycles. The van der Waals surface area contributed by atoms with Crippen LogP contribution in [0.3, 0.4) is 0 Å². The van der Waals surface area contributed by atoms with Crippen molar-refractivity contribution >= 4 is 65.1 Å². The molecule has 1 aliphatic rings. The van der Waals surface area contributed by atoms with E-state index in [1.807, 2.05) is 41.7 Å². The van der Waals surface area contributed by atoms with Gasteiger partial charge in [-0.25, -0.2) is 15.0 Å². The Morgan fingerprint density at radius 3 is 2.19 bits per heavy atom. The molecule has 0 bridgehead atoms. The van der Waals surface area contributed by atoms with E-state index in [1.54, 1.807) is 0 Å². The fraction of sp³-hybridized carbons (Fsp3) is 0.0465. The zero-order chi connectivity index (χ0) is 31.6. The van der Waals surface area contributed by atoms with Crippen LogP contribution in [0.1, 0.15) is 23.7 Å². The standard InChI is InChI=1S/C43H27N3OS/c1-2-12-26(13-3-1)41-44-42(46-43(45-41)33-19-11-23-38-40(33)32-17-7-9-22-37(32)48-38)28-24-27-14-4-5-15-29(27)34(25-28)30-18-10-21-36-39(30)31-16-6-8-20-35(31)47-36/h1-24,28H,25H2. The molecular formula is C43H27N3OS. The largest absolute Gasteiger partial charge is 0.456 e. The van der Waals surface area contributed by atoms with Gasteiger partial charge in [0.1, 0.15) is 17.0 Å². The Kier molecular flexibility index (Phi) is 6.14. The van der Waals surface area contributed by atoms with E-state index < -0.39 is 0 Å². The Bertz CT molecular complexity index is 2830. The average molecular weight is 634 g/mol. The van der Waals surface area contributed by atoms with Gasteiger partial charge in [0.05, 0.1) is 0 Å². The Hall–Kier alpha value is -5.91. The summed E-state index contributed by atoms with van der Waals surface area (Å²) in [6.07, 6.45) is 3.08. The first-order chi connectivity index (χ1) is 23.8. The molecule has 226 valence electrons. The third kappa shape index (κ3) is 4.32. The summed E-state index contributed by atoms with van der Waals surface area (Å²) in [6, 6.07) is 48.7. The van der Waals surface area contributed by atoms with Crippen LogP contribution in [0.2, 0.25) is 0 Å². The van der Waals surface area contributed by atoms with E-state index in [9.17, 15) is 0 Å². The maximum atomic E-state index is 6.32. The minimum absolute atomic E-state index is 0.0639. The highest BCUT2D eigenvalue weighted by molar-refractivity contribution is 7.25. The molecule has 10 rings (SSSR count). The Balaban J connectivity index is 1.20. The van der Waals surface area contributed by atoms with E-state index in [2.05, 4.69) is 115 Å². The van der Waals surface area contributed by atoms with Crippen molar-refractivity contribution in [3.63, 3.8) is 0 Å². The van der Waals surface area contributed by atoms with E-state index in [4.69, 9.17) is 19.4 Å². The first kappa shape index (κ1) is 27.2. The van der Waals surface area contributed by atoms with Crippen molar-refractivity contribution in [3.8, 4) is 22.8 Å². The predicted molar refractivity (Wildman–Crippen MR) is 197 cm³/mol. The Labute approximate surface area is 280 Å². The maximum Gasteiger partial charge on any atom is 0.164 e. The highest BCUT2D eigenvalue weighted by Gasteiger charge is 2.25. The van der Waals surface area contributed by atoms with Crippen LogP contribution in [0.25, 0.3) is 76.5 Å². The number of furan rings is 1. The van der Waals surface area contributed by atoms with Crippen molar-refractivity contribution in [1.29, 1.82) is 0 Å². The number of para-hydroxylation sites is 1. The van der Waals surface area contributed by atoms with E-state index in [0.717, 1.165) is 45.3 Å². The van der Waals surface area contributed by atoms with Gasteiger partial charge in [0, 0.05) is 48.0 Å². The number of benzene rings is 6. The molecule has 48 heavy (non-hydrogen) atoms. The van der Waals surface area contributed by atoms with Crippen LogP contribution in [0.4, 0.5) is 0 Å². The average Bonchev–Trinajstić information content (AvgIpc) is 3.73. The molecular weight excluding hydrogens is 607 g/mol.